The Morgan fingerprint density at radius 2 is 0.877 bits per heavy atom. The molecule has 310 valence electrons. The van der Waals surface area contributed by atoms with E-state index in [1.807, 2.05) is 0 Å². The van der Waals surface area contributed by atoms with E-state index in [9.17, 15) is 0 Å². The first-order valence-corrected chi connectivity index (χ1v) is 24.9. The Labute approximate surface area is 381 Å². The number of rotatable bonds is 7. The van der Waals surface area contributed by atoms with Gasteiger partial charge in [-0.05, 0) is 124 Å². The van der Waals surface area contributed by atoms with Crippen LogP contribution in [0.5, 0.6) is 0 Å². The molecule has 1 heterocycles. The zero-order valence-electron chi connectivity index (χ0n) is 37.1. The van der Waals surface area contributed by atoms with Gasteiger partial charge in [0.2, 0.25) is 0 Å². The van der Waals surface area contributed by atoms with Crippen LogP contribution in [-0.4, -0.2) is 8.07 Å². The fourth-order valence-corrected chi connectivity index (χ4v) is 16.8. The van der Waals surface area contributed by atoms with Crippen LogP contribution in [0.2, 0.25) is 0 Å². The maximum Gasteiger partial charge on any atom is 0.179 e. The van der Waals surface area contributed by atoms with Crippen molar-refractivity contribution in [2.24, 2.45) is 0 Å². The van der Waals surface area contributed by atoms with Gasteiger partial charge in [-0.1, -0.05) is 191 Å². The second-order valence-electron chi connectivity index (χ2n) is 19.3. The Kier molecular flexibility index (Phi) is 8.06. The second-order valence-corrected chi connectivity index (χ2v) is 23.1. The van der Waals surface area contributed by atoms with Gasteiger partial charge in [-0.25, -0.2) is 0 Å². The lowest BCUT2D eigenvalue weighted by Gasteiger charge is -2.34. The fraction of sp³-hybridized carbons (Fsp3) is 0.0968. The van der Waals surface area contributed by atoms with Gasteiger partial charge in [0.1, 0.15) is 11.2 Å². The van der Waals surface area contributed by atoms with E-state index in [0.29, 0.717) is 0 Å². The fourth-order valence-electron chi connectivity index (χ4n) is 12.0. The molecule has 13 rings (SSSR count). The predicted octanol–water partition coefficient (Wildman–Crippen LogP) is 13.7. The molecule has 0 saturated heterocycles. The van der Waals surface area contributed by atoms with Crippen LogP contribution < -0.4 is 25.6 Å². The van der Waals surface area contributed by atoms with E-state index in [4.69, 9.17) is 4.42 Å². The number of nitrogens with zero attached hydrogens (tertiary/aromatic N) is 1. The molecule has 0 saturated carbocycles. The van der Waals surface area contributed by atoms with Crippen molar-refractivity contribution in [3.8, 4) is 11.1 Å². The van der Waals surface area contributed by atoms with Gasteiger partial charge in [-0.15, -0.1) is 0 Å². The van der Waals surface area contributed by atoms with Crippen molar-refractivity contribution in [3.05, 3.63) is 235 Å². The minimum Gasteiger partial charge on any atom is -0.456 e. The smallest absolute Gasteiger partial charge is 0.179 e. The summed E-state index contributed by atoms with van der Waals surface area (Å²) in [4.78, 5) is 2.50. The van der Waals surface area contributed by atoms with Gasteiger partial charge in [0.05, 0.1) is 0 Å². The quantitative estimate of drug-likeness (QED) is 0.0902. The van der Waals surface area contributed by atoms with Gasteiger partial charge in [-0.3, -0.25) is 0 Å². The summed E-state index contributed by atoms with van der Waals surface area (Å²) in [5, 5.41) is 13.0. The molecule has 0 fully saturated rings. The molecule has 10 aromatic carbocycles. The molecule has 0 unspecified atom stereocenters. The molecule has 0 amide bonds. The Morgan fingerprint density at radius 1 is 0.354 bits per heavy atom. The Balaban J connectivity index is 1.06. The van der Waals surface area contributed by atoms with Gasteiger partial charge in [0.15, 0.2) is 8.07 Å². The summed E-state index contributed by atoms with van der Waals surface area (Å²) in [5.74, 6) is 0. The first-order valence-electron chi connectivity index (χ1n) is 22.9. The molecule has 0 bridgehead atoms. The summed E-state index contributed by atoms with van der Waals surface area (Å²) in [6.07, 6.45) is 0. The summed E-state index contributed by atoms with van der Waals surface area (Å²) < 4.78 is 6.76. The van der Waals surface area contributed by atoms with Crippen molar-refractivity contribution in [1.82, 2.24) is 0 Å². The van der Waals surface area contributed by atoms with Gasteiger partial charge in [-0.2, -0.15) is 0 Å². The number of anilines is 3. The third-order valence-corrected chi connectivity index (χ3v) is 19.9. The van der Waals surface area contributed by atoms with E-state index in [-0.39, 0.29) is 10.8 Å². The highest BCUT2D eigenvalue weighted by Gasteiger charge is 2.42. The van der Waals surface area contributed by atoms with E-state index in [1.165, 1.54) is 75.7 Å². The number of benzene rings is 10. The molecule has 0 atom stereocenters. The number of fused-ring (bicyclic) bond motifs is 6. The number of hydrogen-bond acceptors (Lipinski definition) is 2. The zero-order chi connectivity index (χ0) is 43.7. The van der Waals surface area contributed by atoms with Crippen LogP contribution in [-0.2, 0) is 10.8 Å². The molecule has 1 aromatic heterocycles. The summed E-state index contributed by atoms with van der Waals surface area (Å²) in [7, 11) is -2.78. The van der Waals surface area contributed by atoms with E-state index in [1.54, 1.807) is 0 Å². The van der Waals surface area contributed by atoms with Crippen LogP contribution in [0.3, 0.4) is 0 Å². The Morgan fingerprint density at radius 3 is 1.58 bits per heavy atom. The molecule has 0 N–H and O–H groups in total. The predicted molar refractivity (Wildman–Crippen MR) is 277 cm³/mol. The molecule has 0 spiro atoms. The number of furan rings is 1. The van der Waals surface area contributed by atoms with Crippen molar-refractivity contribution in [2.45, 2.75) is 38.5 Å². The topological polar surface area (TPSA) is 16.4 Å². The highest BCUT2D eigenvalue weighted by Crippen LogP contribution is 2.53. The summed E-state index contributed by atoms with van der Waals surface area (Å²) in [6.45, 7) is 9.53. The summed E-state index contributed by atoms with van der Waals surface area (Å²) in [6, 6.07) is 79.7. The van der Waals surface area contributed by atoms with Crippen LogP contribution in [0.4, 0.5) is 17.1 Å². The van der Waals surface area contributed by atoms with Crippen LogP contribution >= 0.6 is 0 Å². The molecule has 2 nitrogen and oxygen atoms in total. The standard InChI is InChI=1S/C62H47NOSi/c1-61(2)53-25-15-14-24-49(53)50-32-29-43(37-55(50)61)63(44-35-41-28-27-40-17-16-26-54-59(40)60(41)56(38-44)62(54,3)4)42-30-33-57-51(36-42)52-39-48(31-34-58(52)64-57)65(45-18-8-5-9-19-45,46-20-10-6-11-21-46)47-22-12-7-13-23-47/h5-39H,1-4H3. The van der Waals surface area contributed by atoms with Crippen LogP contribution in [0.1, 0.15) is 49.9 Å². The molecule has 3 heteroatoms. The lowest BCUT2D eigenvalue weighted by Crippen LogP contribution is -2.74. The van der Waals surface area contributed by atoms with Gasteiger partial charge < -0.3 is 9.32 Å². The van der Waals surface area contributed by atoms with Gasteiger partial charge in [0, 0.05) is 38.7 Å². The highest BCUT2D eigenvalue weighted by atomic mass is 28.3. The maximum absolute atomic E-state index is 6.76. The summed E-state index contributed by atoms with van der Waals surface area (Å²) >= 11 is 0. The van der Waals surface area contributed by atoms with Crippen molar-refractivity contribution >= 4 is 89.4 Å². The molecule has 2 aliphatic rings. The zero-order valence-corrected chi connectivity index (χ0v) is 38.1. The summed E-state index contributed by atoms with van der Waals surface area (Å²) in [5.41, 5.74) is 13.0. The molecule has 65 heavy (non-hydrogen) atoms. The van der Waals surface area contributed by atoms with Crippen molar-refractivity contribution < 1.29 is 4.42 Å². The van der Waals surface area contributed by atoms with Crippen LogP contribution in [0, 0.1) is 0 Å². The molecule has 2 aliphatic carbocycles. The molecular weight excluding hydrogens is 803 g/mol. The minimum absolute atomic E-state index is 0.145. The van der Waals surface area contributed by atoms with Gasteiger partial charge in [0.25, 0.3) is 0 Å². The minimum atomic E-state index is -2.78. The molecule has 0 aliphatic heterocycles. The average Bonchev–Trinajstić information content (AvgIpc) is 3.91. The molecule has 0 radical (unpaired) electrons. The van der Waals surface area contributed by atoms with Gasteiger partial charge >= 0.3 is 0 Å². The van der Waals surface area contributed by atoms with E-state index in [0.717, 1.165) is 39.0 Å². The SMILES string of the molecule is CC1(C)c2ccccc2-c2ccc(N(c3cc4c5c(ccc6cccc(c65)C4(C)C)c3)c3ccc4oc5ccc([Si](c6ccccc6)(c6ccccc6)c6ccccc6)cc5c4c3)cc21. The van der Waals surface area contributed by atoms with E-state index >= 15 is 0 Å². The maximum atomic E-state index is 6.76. The normalized spacial score (nSPS) is 14.4. The second kappa shape index (κ2) is 13.8. The average molecular weight is 850 g/mol. The van der Waals surface area contributed by atoms with Crippen LogP contribution in [0.25, 0.3) is 54.6 Å². The van der Waals surface area contributed by atoms with E-state index in [2.05, 4.69) is 245 Å². The first kappa shape index (κ1) is 38.0. The highest BCUT2D eigenvalue weighted by molar-refractivity contribution is 7.20. The third kappa shape index (κ3) is 5.34. The van der Waals surface area contributed by atoms with Crippen molar-refractivity contribution in [1.29, 1.82) is 0 Å². The van der Waals surface area contributed by atoms with Crippen LogP contribution in [0.15, 0.2) is 217 Å². The lowest BCUT2D eigenvalue weighted by molar-refractivity contribution is 0.660. The number of hydrogen-bond donors (Lipinski definition) is 0. The monoisotopic (exact) mass is 849 g/mol. The Hall–Kier alpha value is -7.46. The lowest BCUT2D eigenvalue weighted by atomic mass is 9.81. The van der Waals surface area contributed by atoms with E-state index < -0.39 is 8.07 Å². The third-order valence-electron chi connectivity index (χ3n) is 15.1. The largest absolute Gasteiger partial charge is 0.456 e. The first-order chi connectivity index (χ1) is 31.7. The van der Waals surface area contributed by atoms with Crippen molar-refractivity contribution in [3.63, 3.8) is 0 Å². The van der Waals surface area contributed by atoms with Crippen molar-refractivity contribution in [2.75, 3.05) is 4.90 Å². The Bertz CT molecular complexity index is 3620. The molecule has 11 aromatic rings. The molecular formula is C62H47NOSi.